The molecule has 4 rings (SSSR count). The van der Waals surface area contributed by atoms with Gasteiger partial charge < -0.3 is 14.4 Å². The first-order valence-corrected chi connectivity index (χ1v) is 7.69. The number of fused-ring (bicyclic) bond motifs is 2. The van der Waals surface area contributed by atoms with Crippen LogP contribution in [-0.4, -0.2) is 25.7 Å². The summed E-state index contributed by atoms with van der Waals surface area (Å²) in [4.78, 5) is 14.7. The molecule has 118 valence electrons. The molecule has 0 saturated heterocycles. The Labute approximate surface area is 133 Å². The van der Waals surface area contributed by atoms with E-state index in [2.05, 4.69) is 0 Å². The number of hydrogen-bond acceptors (Lipinski definition) is 3. The van der Waals surface area contributed by atoms with E-state index in [1.807, 2.05) is 24.3 Å². The van der Waals surface area contributed by atoms with Crippen molar-refractivity contribution in [1.82, 2.24) is 0 Å². The average Bonchev–Trinajstić information content (AvgIpc) is 2.60. The van der Waals surface area contributed by atoms with Gasteiger partial charge in [-0.3, -0.25) is 4.79 Å². The van der Waals surface area contributed by atoms with Gasteiger partial charge in [0.25, 0.3) is 0 Å². The second-order valence-electron chi connectivity index (χ2n) is 5.68. The van der Waals surface area contributed by atoms with E-state index in [-0.39, 0.29) is 17.6 Å². The number of rotatable bonds is 1. The minimum absolute atomic E-state index is 0.0316. The second-order valence-corrected chi connectivity index (χ2v) is 5.68. The molecule has 0 spiro atoms. The number of carbonyl (C=O) groups is 1. The topological polar surface area (TPSA) is 38.8 Å². The normalized spacial score (nSPS) is 19.2. The molecule has 5 heteroatoms. The molecule has 0 bridgehead atoms. The van der Waals surface area contributed by atoms with Gasteiger partial charge in [-0.15, -0.1) is 0 Å². The van der Waals surface area contributed by atoms with Crippen LogP contribution in [0.3, 0.4) is 0 Å². The van der Waals surface area contributed by atoms with Crippen molar-refractivity contribution in [3.63, 3.8) is 0 Å². The highest BCUT2D eigenvalue weighted by atomic mass is 19.1. The number of ether oxygens (including phenoxy) is 2. The summed E-state index contributed by atoms with van der Waals surface area (Å²) in [7, 11) is 0. The van der Waals surface area contributed by atoms with Crippen LogP contribution < -0.4 is 14.4 Å². The maximum Gasteiger partial charge on any atom is 0.235 e. The highest BCUT2D eigenvalue weighted by Crippen LogP contribution is 2.38. The van der Waals surface area contributed by atoms with Crippen LogP contribution in [0.25, 0.3) is 0 Å². The van der Waals surface area contributed by atoms with Crippen LogP contribution in [-0.2, 0) is 4.79 Å². The summed E-state index contributed by atoms with van der Waals surface area (Å²) >= 11 is 0. The van der Waals surface area contributed by atoms with Crippen LogP contribution in [0.2, 0.25) is 0 Å². The number of hydrogen-bond donors (Lipinski definition) is 0. The van der Waals surface area contributed by atoms with Gasteiger partial charge in [0.05, 0.1) is 24.8 Å². The summed E-state index contributed by atoms with van der Waals surface area (Å²) in [5, 5.41) is 0. The smallest absolute Gasteiger partial charge is 0.235 e. The van der Waals surface area contributed by atoms with Gasteiger partial charge in [-0.2, -0.15) is 0 Å². The molecule has 0 radical (unpaired) electrons. The molecule has 2 aliphatic heterocycles. The van der Waals surface area contributed by atoms with Crippen molar-refractivity contribution in [1.29, 1.82) is 0 Å². The van der Waals surface area contributed by atoms with Gasteiger partial charge in [0, 0.05) is 11.6 Å². The lowest BCUT2D eigenvalue weighted by Crippen LogP contribution is -2.42. The Morgan fingerprint density at radius 1 is 1.09 bits per heavy atom. The van der Waals surface area contributed by atoms with Crippen LogP contribution in [0, 0.1) is 5.82 Å². The molecule has 1 atom stereocenters. The van der Waals surface area contributed by atoms with Crippen LogP contribution >= 0.6 is 0 Å². The first kappa shape index (κ1) is 14.1. The van der Waals surface area contributed by atoms with Gasteiger partial charge in [0.1, 0.15) is 23.9 Å². The number of amides is 1. The second kappa shape index (κ2) is 5.57. The molecule has 0 aliphatic carbocycles. The minimum Gasteiger partial charge on any atom is -0.493 e. The van der Waals surface area contributed by atoms with Gasteiger partial charge in [-0.25, -0.2) is 4.39 Å². The summed E-state index contributed by atoms with van der Waals surface area (Å²) in [6.45, 7) is 1.35. The van der Waals surface area contributed by atoms with E-state index in [1.54, 1.807) is 11.0 Å². The lowest BCUT2D eigenvalue weighted by atomic mass is 9.91. The molecular formula is C18H16FNO3. The van der Waals surface area contributed by atoms with E-state index in [0.717, 1.165) is 11.3 Å². The maximum atomic E-state index is 13.6. The first-order valence-electron chi connectivity index (χ1n) is 7.69. The van der Waals surface area contributed by atoms with E-state index in [9.17, 15) is 9.18 Å². The number of anilines is 1. The largest absolute Gasteiger partial charge is 0.493 e. The molecule has 2 aromatic carbocycles. The Morgan fingerprint density at radius 3 is 2.83 bits per heavy atom. The van der Waals surface area contributed by atoms with Crippen LogP contribution in [0.1, 0.15) is 17.9 Å². The van der Waals surface area contributed by atoms with Crippen LogP contribution in [0.4, 0.5) is 10.1 Å². The summed E-state index contributed by atoms with van der Waals surface area (Å²) in [5.74, 6) is 0.626. The predicted molar refractivity (Wildman–Crippen MR) is 83.5 cm³/mol. The van der Waals surface area contributed by atoms with Crippen molar-refractivity contribution in [3.05, 3.63) is 53.8 Å². The van der Waals surface area contributed by atoms with Gasteiger partial charge in [-0.1, -0.05) is 18.2 Å². The summed E-state index contributed by atoms with van der Waals surface area (Å²) in [6, 6.07) is 11.9. The highest BCUT2D eigenvalue weighted by molar-refractivity contribution is 6.00. The number of nitrogens with zero attached hydrogens (tertiary/aromatic N) is 1. The number of carbonyl (C=O) groups excluding carboxylic acids is 1. The summed E-state index contributed by atoms with van der Waals surface area (Å²) in [6.07, 6.45) is 0.623. The zero-order valence-electron chi connectivity index (χ0n) is 12.5. The van der Waals surface area contributed by atoms with Gasteiger partial charge in [0.15, 0.2) is 0 Å². The number of halogens is 1. The Hall–Kier alpha value is -2.56. The summed E-state index contributed by atoms with van der Waals surface area (Å²) in [5.41, 5.74) is 1.40. The Bertz CT molecular complexity index is 762. The van der Waals surface area contributed by atoms with E-state index in [0.29, 0.717) is 37.6 Å². The zero-order valence-corrected chi connectivity index (χ0v) is 12.5. The van der Waals surface area contributed by atoms with Crippen molar-refractivity contribution in [3.8, 4) is 11.5 Å². The molecule has 0 aromatic heterocycles. The van der Waals surface area contributed by atoms with Gasteiger partial charge >= 0.3 is 0 Å². The SMILES string of the molecule is O=C([C@H]1CCOc2ccccc21)N1CCOc2ccc(F)cc21. The maximum absolute atomic E-state index is 13.6. The molecule has 0 unspecified atom stereocenters. The fraction of sp³-hybridized carbons (Fsp3) is 0.278. The standard InChI is InChI=1S/C18H16FNO3/c19-12-5-6-17-15(11-12)20(8-10-23-17)18(21)14-7-9-22-16-4-2-1-3-13(14)16/h1-6,11,14H,7-10H2/t14-/m0/s1. The van der Waals surface area contributed by atoms with Crippen molar-refractivity contribution >= 4 is 11.6 Å². The lowest BCUT2D eigenvalue weighted by Gasteiger charge is -2.34. The molecule has 1 amide bonds. The third kappa shape index (κ3) is 2.42. The van der Waals surface area contributed by atoms with Crippen molar-refractivity contribution < 1.29 is 18.7 Å². The van der Waals surface area contributed by atoms with E-state index in [4.69, 9.17) is 9.47 Å². The van der Waals surface area contributed by atoms with Crippen LogP contribution in [0.15, 0.2) is 42.5 Å². The predicted octanol–water partition coefficient (Wildman–Crippen LogP) is 3.12. The zero-order chi connectivity index (χ0) is 15.8. The fourth-order valence-electron chi connectivity index (χ4n) is 3.21. The molecule has 0 saturated carbocycles. The molecule has 2 heterocycles. The Morgan fingerprint density at radius 2 is 1.91 bits per heavy atom. The van der Waals surface area contributed by atoms with Crippen molar-refractivity contribution in [2.75, 3.05) is 24.7 Å². The molecule has 0 fully saturated rings. The van der Waals surface area contributed by atoms with E-state index in [1.165, 1.54) is 12.1 Å². The quantitative estimate of drug-likeness (QED) is 0.812. The Kier molecular flexibility index (Phi) is 3.41. The van der Waals surface area contributed by atoms with Gasteiger partial charge in [0.2, 0.25) is 5.91 Å². The third-order valence-electron chi connectivity index (χ3n) is 4.31. The fourth-order valence-corrected chi connectivity index (χ4v) is 3.21. The molecule has 2 aliphatic rings. The lowest BCUT2D eigenvalue weighted by molar-refractivity contribution is -0.120. The molecule has 4 nitrogen and oxygen atoms in total. The summed E-state index contributed by atoms with van der Waals surface area (Å²) < 4.78 is 24.8. The van der Waals surface area contributed by atoms with Crippen molar-refractivity contribution in [2.45, 2.75) is 12.3 Å². The Balaban J connectivity index is 1.71. The number of para-hydroxylation sites is 1. The minimum atomic E-state index is -0.376. The third-order valence-corrected chi connectivity index (χ3v) is 4.31. The monoisotopic (exact) mass is 313 g/mol. The molecule has 2 aromatic rings. The van der Waals surface area contributed by atoms with E-state index >= 15 is 0 Å². The average molecular weight is 313 g/mol. The van der Waals surface area contributed by atoms with Crippen molar-refractivity contribution in [2.24, 2.45) is 0 Å². The van der Waals surface area contributed by atoms with Crippen LogP contribution in [0.5, 0.6) is 11.5 Å². The van der Waals surface area contributed by atoms with E-state index < -0.39 is 0 Å². The van der Waals surface area contributed by atoms with Gasteiger partial charge in [-0.05, 0) is 24.6 Å². The highest BCUT2D eigenvalue weighted by Gasteiger charge is 2.34. The molecular weight excluding hydrogens is 297 g/mol. The number of benzene rings is 2. The molecule has 0 N–H and O–H groups in total. The molecule has 23 heavy (non-hydrogen) atoms. The first-order chi connectivity index (χ1) is 11.2.